The minimum Gasteiger partial charge on any atom is -0.613 e. The molecule has 1 aliphatic rings. The van der Waals surface area contributed by atoms with Crippen molar-refractivity contribution < 1.29 is 42.9 Å². The second kappa shape index (κ2) is 7.37. The van der Waals surface area contributed by atoms with Crippen LogP contribution >= 0.6 is 0 Å². The number of ether oxygens (including phenoxy) is 4. The zero-order valence-corrected chi connectivity index (χ0v) is 12.3. The molecule has 0 aromatic heterocycles. The first-order valence-electron chi connectivity index (χ1n) is 5.98. The fourth-order valence-corrected chi connectivity index (χ4v) is 2.15. The molecule has 1 aromatic rings. The molecule has 1 aliphatic heterocycles. The minimum absolute atomic E-state index is 0. The molecule has 5 nitrogen and oxygen atoms in total. The van der Waals surface area contributed by atoms with E-state index in [1.165, 1.54) is 0 Å². The van der Waals surface area contributed by atoms with Gasteiger partial charge in [0.1, 0.15) is 0 Å². The standard InChI is InChI=1S/C14H18O5.Li/c1-16-11-5-9(4-10-7-13(15)19-8-10)6-12(17-2)14(11)18-3;/h5-7,10,15H,4,8H2,1-3H3;/q;+1/p-1/t10-;/m0./s1. The van der Waals surface area contributed by atoms with Gasteiger partial charge in [-0.3, -0.25) is 0 Å². The van der Waals surface area contributed by atoms with Gasteiger partial charge in [-0.2, -0.15) is 0 Å². The number of hydrogen-bond donors (Lipinski definition) is 0. The quantitative estimate of drug-likeness (QED) is 0.586. The van der Waals surface area contributed by atoms with E-state index in [-0.39, 0.29) is 30.7 Å². The first-order valence-corrected chi connectivity index (χ1v) is 5.98. The Morgan fingerprint density at radius 1 is 1.15 bits per heavy atom. The van der Waals surface area contributed by atoms with Gasteiger partial charge in [-0.15, -0.1) is 0 Å². The third-order valence-corrected chi connectivity index (χ3v) is 3.03. The molecule has 0 saturated carbocycles. The smallest absolute Gasteiger partial charge is 0.613 e. The first kappa shape index (κ1) is 16.6. The Balaban J connectivity index is 0.00000200. The number of benzene rings is 1. The van der Waals surface area contributed by atoms with E-state index < -0.39 is 0 Å². The minimum atomic E-state index is -0.252. The van der Waals surface area contributed by atoms with Gasteiger partial charge < -0.3 is 24.1 Å². The van der Waals surface area contributed by atoms with E-state index in [9.17, 15) is 5.11 Å². The van der Waals surface area contributed by atoms with Crippen LogP contribution in [0.25, 0.3) is 0 Å². The van der Waals surface area contributed by atoms with E-state index in [0.717, 1.165) is 5.56 Å². The van der Waals surface area contributed by atoms with Crippen molar-refractivity contribution in [2.75, 3.05) is 27.9 Å². The van der Waals surface area contributed by atoms with Crippen molar-refractivity contribution in [2.45, 2.75) is 6.42 Å². The molecule has 6 heteroatoms. The molecule has 104 valence electrons. The molecular weight excluding hydrogens is 255 g/mol. The van der Waals surface area contributed by atoms with Crippen molar-refractivity contribution in [1.29, 1.82) is 0 Å². The normalized spacial score (nSPS) is 16.8. The molecule has 0 bridgehead atoms. The predicted molar refractivity (Wildman–Crippen MR) is 67.3 cm³/mol. The van der Waals surface area contributed by atoms with Crippen LogP contribution in [0.3, 0.4) is 0 Å². The van der Waals surface area contributed by atoms with Crippen molar-refractivity contribution in [3.63, 3.8) is 0 Å². The monoisotopic (exact) mass is 272 g/mol. The summed E-state index contributed by atoms with van der Waals surface area (Å²) in [6, 6.07) is 3.77. The van der Waals surface area contributed by atoms with Gasteiger partial charge in [-0.25, -0.2) is 0 Å². The Kier molecular flexibility index (Phi) is 6.12. The molecule has 2 rings (SSSR count). The van der Waals surface area contributed by atoms with Gasteiger partial charge >= 0.3 is 18.9 Å². The van der Waals surface area contributed by atoms with E-state index in [1.54, 1.807) is 27.4 Å². The maximum absolute atomic E-state index is 11.0. The van der Waals surface area contributed by atoms with Crippen LogP contribution in [0.15, 0.2) is 24.2 Å². The van der Waals surface area contributed by atoms with E-state index >= 15 is 0 Å². The third-order valence-electron chi connectivity index (χ3n) is 3.03. The summed E-state index contributed by atoms with van der Waals surface area (Å²) < 4.78 is 20.8. The predicted octanol–water partition coefficient (Wildman–Crippen LogP) is -1.89. The van der Waals surface area contributed by atoms with Crippen molar-refractivity contribution in [1.82, 2.24) is 0 Å². The van der Waals surface area contributed by atoms with Gasteiger partial charge in [0.05, 0.1) is 21.3 Å². The van der Waals surface area contributed by atoms with Crippen LogP contribution in [0, 0.1) is 5.92 Å². The van der Waals surface area contributed by atoms with E-state index in [4.69, 9.17) is 18.9 Å². The molecule has 0 saturated heterocycles. The molecule has 0 aliphatic carbocycles. The molecule has 1 atom stereocenters. The molecular formula is C14H17LiO5. The summed E-state index contributed by atoms with van der Waals surface area (Å²) in [5.41, 5.74) is 1.01. The molecule has 1 aromatic carbocycles. The summed E-state index contributed by atoms with van der Waals surface area (Å²) in [6.45, 7) is 0.426. The number of rotatable bonds is 5. The maximum Gasteiger partial charge on any atom is 1.00 e. The van der Waals surface area contributed by atoms with Crippen LogP contribution in [0.5, 0.6) is 17.2 Å². The summed E-state index contributed by atoms with van der Waals surface area (Å²) in [7, 11) is 4.72. The van der Waals surface area contributed by atoms with Crippen molar-refractivity contribution in [2.24, 2.45) is 5.92 Å². The molecule has 0 unspecified atom stereocenters. The van der Waals surface area contributed by atoms with Gasteiger partial charge in [-0.1, -0.05) is 6.08 Å². The second-order valence-electron chi connectivity index (χ2n) is 4.29. The molecule has 0 radical (unpaired) electrons. The molecule has 20 heavy (non-hydrogen) atoms. The fourth-order valence-electron chi connectivity index (χ4n) is 2.15. The van der Waals surface area contributed by atoms with Crippen molar-refractivity contribution in [3.8, 4) is 17.2 Å². The van der Waals surface area contributed by atoms with Crippen LogP contribution in [-0.4, -0.2) is 27.9 Å². The zero-order valence-electron chi connectivity index (χ0n) is 12.3. The third kappa shape index (κ3) is 3.56. The van der Waals surface area contributed by atoms with Crippen LogP contribution in [0.2, 0.25) is 0 Å². The zero-order chi connectivity index (χ0) is 13.8. The van der Waals surface area contributed by atoms with Crippen LogP contribution in [0.4, 0.5) is 0 Å². The Morgan fingerprint density at radius 3 is 2.15 bits per heavy atom. The van der Waals surface area contributed by atoms with Gasteiger partial charge in [0.25, 0.3) is 0 Å². The summed E-state index contributed by atoms with van der Waals surface area (Å²) >= 11 is 0. The average molecular weight is 272 g/mol. The molecule has 0 fully saturated rings. The van der Waals surface area contributed by atoms with Gasteiger partial charge in [0.2, 0.25) is 5.75 Å². The number of hydrogen-bond acceptors (Lipinski definition) is 5. The molecule has 0 N–H and O–H groups in total. The fraction of sp³-hybridized carbons (Fsp3) is 0.429. The Morgan fingerprint density at radius 2 is 1.75 bits per heavy atom. The molecule has 0 amide bonds. The maximum atomic E-state index is 11.0. The number of methoxy groups -OCH3 is 3. The van der Waals surface area contributed by atoms with Gasteiger partial charge in [0, 0.05) is 12.6 Å². The van der Waals surface area contributed by atoms with Crippen LogP contribution < -0.4 is 38.2 Å². The van der Waals surface area contributed by atoms with E-state index in [1.807, 2.05) is 12.1 Å². The van der Waals surface area contributed by atoms with Crippen molar-refractivity contribution in [3.05, 3.63) is 29.7 Å². The SMILES string of the molecule is COc1cc(C[C@H]2C=C([O-])OC2)cc(OC)c1OC.[Li+]. The van der Waals surface area contributed by atoms with Crippen molar-refractivity contribution >= 4 is 0 Å². The van der Waals surface area contributed by atoms with Crippen LogP contribution in [-0.2, 0) is 11.2 Å². The van der Waals surface area contributed by atoms with E-state index in [0.29, 0.717) is 30.3 Å². The molecule has 1 heterocycles. The molecule has 0 spiro atoms. The van der Waals surface area contributed by atoms with Crippen LogP contribution in [0.1, 0.15) is 5.56 Å². The Hall–Kier alpha value is -1.44. The topological polar surface area (TPSA) is 60.0 Å². The van der Waals surface area contributed by atoms with Gasteiger partial charge in [-0.05, 0) is 30.0 Å². The Labute approximate surface area is 130 Å². The first-order chi connectivity index (χ1) is 9.17. The van der Waals surface area contributed by atoms with Gasteiger partial charge in [0.15, 0.2) is 11.5 Å². The summed E-state index contributed by atoms with van der Waals surface area (Å²) in [6.07, 6.45) is 2.30. The average Bonchev–Trinajstić information content (AvgIpc) is 2.82. The summed E-state index contributed by atoms with van der Waals surface area (Å²) in [5, 5.41) is 11.0. The summed E-state index contributed by atoms with van der Waals surface area (Å²) in [5.74, 6) is 1.63. The second-order valence-corrected chi connectivity index (χ2v) is 4.29. The largest absolute Gasteiger partial charge is 1.00 e. The Bertz CT molecular complexity index is 461. The summed E-state index contributed by atoms with van der Waals surface area (Å²) in [4.78, 5) is 0. The van der Waals surface area contributed by atoms with E-state index in [2.05, 4.69) is 0 Å².